The van der Waals surface area contributed by atoms with Gasteiger partial charge >= 0.3 is 10.5 Å². The number of pyridine rings is 2. The van der Waals surface area contributed by atoms with Gasteiger partial charge in [-0.05, 0) is 50.6 Å². The van der Waals surface area contributed by atoms with Crippen molar-refractivity contribution < 1.29 is 21.2 Å². The predicted octanol–water partition coefficient (Wildman–Crippen LogP) is 5.86. The first-order chi connectivity index (χ1) is 18.6. The molecule has 39 heavy (non-hydrogen) atoms. The molecule has 8 nitrogen and oxygen atoms in total. The highest BCUT2D eigenvalue weighted by Gasteiger charge is 2.21. The Morgan fingerprint density at radius 2 is 1.95 bits per heavy atom. The molecule has 3 aromatic heterocycles. The molecule has 0 bridgehead atoms. The lowest BCUT2D eigenvalue weighted by molar-refractivity contribution is 0.244. The van der Waals surface area contributed by atoms with Crippen LogP contribution in [0.1, 0.15) is 39.2 Å². The maximum Gasteiger partial charge on any atom is 0.488 e. The smallest absolute Gasteiger partial charge is 0.488 e. The standard InChI is InChI=1S/C29H26FN3O5S/c1-5-7-10-33-25-13-22(19-12-20(16-31-15-19)38-39(30,35)36)26(37-17(3)4)14-23(25)28(34)27-21-9-8-18(6-2)11-24(21)32-29(27)33/h2,8-9,11-17,32H,5,7,10H2,1,3-4H3. The zero-order valence-electron chi connectivity index (χ0n) is 21.6. The molecule has 0 aliphatic rings. The third-order valence-electron chi connectivity index (χ3n) is 6.39. The molecule has 0 aliphatic heterocycles. The average molecular weight is 548 g/mol. The lowest BCUT2D eigenvalue weighted by Crippen LogP contribution is -2.13. The van der Waals surface area contributed by atoms with E-state index in [1.165, 1.54) is 12.3 Å². The summed E-state index contributed by atoms with van der Waals surface area (Å²) in [7, 11) is -5.24. The molecule has 0 amide bonds. The van der Waals surface area contributed by atoms with E-state index in [4.69, 9.17) is 11.2 Å². The zero-order chi connectivity index (χ0) is 27.9. The van der Waals surface area contributed by atoms with Crippen LogP contribution in [0, 0.1) is 12.3 Å². The highest BCUT2D eigenvalue weighted by atomic mass is 32.3. The monoisotopic (exact) mass is 547 g/mol. The fourth-order valence-corrected chi connectivity index (χ4v) is 5.11. The fraction of sp³-hybridized carbons (Fsp3) is 0.241. The summed E-state index contributed by atoms with van der Waals surface area (Å²) in [5.41, 5.74) is 3.60. The van der Waals surface area contributed by atoms with Crippen LogP contribution in [0.5, 0.6) is 11.5 Å². The van der Waals surface area contributed by atoms with Gasteiger partial charge in [0, 0.05) is 40.3 Å². The Morgan fingerprint density at radius 3 is 2.64 bits per heavy atom. The zero-order valence-corrected chi connectivity index (χ0v) is 22.4. The fourth-order valence-electron chi connectivity index (χ4n) is 4.79. The summed E-state index contributed by atoms with van der Waals surface area (Å²) in [4.78, 5) is 21.4. The van der Waals surface area contributed by atoms with E-state index in [-0.39, 0.29) is 17.3 Å². The van der Waals surface area contributed by atoms with Gasteiger partial charge in [-0.2, -0.15) is 8.42 Å². The van der Waals surface area contributed by atoms with Crippen LogP contribution in [-0.2, 0) is 17.0 Å². The number of rotatable bonds is 8. The average Bonchev–Trinajstić information content (AvgIpc) is 3.26. The Labute approximate surface area is 224 Å². The van der Waals surface area contributed by atoms with Crippen LogP contribution >= 0.6 is 0 Å². The number of hydrogen-bond donors (Lipinski definition) is 1. The first-order valence-electron chi connectivity index (χ1n) is 12.5. The van der Waals surface area contributed by atoms with Gasteiger partial charge < -0.3 is 18.5 Å². The van der Waals surface area contributed by atoms with Crippen LogP contribution in [-0.4, -0.2) is 29.1 Å². The molecule has 10 heteroatoms. The molecular weight excluding hydrogens is 521 g/mol. The van der Waals surface area contributed by atoms with Crippen molar-refractivity contribution in [2.75, 3.05) is 0 Å². The minimum absolute atomic E-state index is 0.161. The summed E-state index contributed by atoms with van der Waals surface area (Å²) < 4.78 is 47.9. The van der Waals surface area contributed by atoms with Crippen LogP contribution in [0.25, 0.3) is 44.0 Å². The maximum atomic E-state index is 14.0. The summed E-state index contributed by atoms with van der Waals surface area (Å²) in [5.74, 6) is 2.74. The van der Waals surface area contributed by atoms with E-state index in [9.17, 15) is 17.1 Å². The molecule has 0 saturated carbocycles. The van der Waals surface area contributed by atoms with Crippen LogP contribution < -0.4 is 14.3 Å². The van der Waals surface area contributed by atoms with Gasteiger partial charge in [-0.1, -0.05) is 29.2 Å². The van der Waals surface area contributed by atoms with Gasteiger partial charge in [0.05, 0.1) is 28.6 Å². The van der Waals surface area contributed by atoms with Gasteiger partial charge in [-0.15, -0.1) is 6.42 Å². The van der Waals surface area contributed by atoms with Gasteiger partial charge in [-0.3, -0.25) is 9.78 Å². The number of nitrogens with zero attached hydrogens (tertiary/aromatic N) is 2. The van der Waals surface area contributed by atoms with Crippen molar-refractivity contribution in [2.24, 2.45) is 0 Å². The number of terminal acetylenes is 1. The number of aromatic amines is 1. The van der Waals surface area contributed by atoms with Crippen molar-refractivity contribution >= 4 is 43.3 Å². The molecule has 0 atom stereocenters. The van der Waals surface area contributed by atoms with Crippen LogP contribution in [0.15, 0.2) is 53.6 Å². The van der Waals surface area contributed by atoms with Crippen molar-refractivity contribution in [2.45, 2.75) is 46.3 Å². The Morgan fingerprint density at radius 1 is 1.15 bits per heavy atom. The maximum absolute atomic E-state index is 14.0. The topological polar surface area (TPSA) is 103 Å². The van der Waals surface area contributed by atoms with Crippen molar-refractivity contribution in [1.29, 1.82) is 0 Å². The van der Waals surface area contributed by atoms with E-state index >= 15 is 0 Å². The van der Waals surface area contributed by atoms with Gasteiger partial charge in [-0.25, -0.2) is 0 Å². The van der Waals surface area contributed by atoms with Crippen molar-refractivity contribution in [1.82, 2.24) is 14.5 Å². The van der Waals surface area contributed by atoms with Gasteiger partial charge in [0.15, 0.2) is 11.2 Å². The number of aromatic nitrogens is 3. The lowest BCUT2D eigenvalue weighted by Gasteiger charge is -2.19. The number of H-pyrrole nitrogens is 1. The molecule has 1 N–H and O–H groups in total. The number of halogens is 1. The van der Waals surface area contributed by atoms with E-state index in [2.05, 4.69) is 31.6 Å². The molecular formula is C29H26FN3O5S. The summed E-state index contributed by atoms with van der Waals surface area (Å²) in [5, 5.41) is 1.80. The Kier molecular flexibility index (Phi) is 6.78. The number of benzene rings is 2. The molecule has 0 spiro atoms. The highest BCUT2D eigenvalue weighted by Crippen LogP contribution is 2.37. The summed E-state index contributed by atoms with van der Waals surface area (Å²) in [6, 6.07) is 10.4. The number of hydrogen-bond acceptors (Lipinski definition) is 6. The van der Waals surface area contributed by atoms with Gasteiger partial charge in [0.25, 0.3) is 0 Å². The normalized spacial score (nSPS) is 11.9. The minimum atomic E-state index is -5.24. The second kappa shape index (κ2) is 10.1. The van der Waals surface area contributed by atoms with Crippen LogP contribution in [0.4, 0.5) is 3.89 Å². The molecule has 200 valence electrons. The molecule has 0 fully saturated rings. The quantitative estimate of drug-likeness (QED) is 0.193. The molecule has 0 unspecified atom stereocenters. The highest BCUT2D eigenvalue weighted by molar-refractivity contribution is 7.81. The van der Waals surface area contributed by atoms with Crippen LogP contribution in [0.2, 0.25) is 0 Å². The summed E-state index contributed by atoms with van der Waals surface area (Å²) in [6.07, 6.45) is 9.74. The van der Waals surface area contributed by atoms with Gasteiger partial charge in [0.1, 0.15) is 11.4 Å². The van der Waals surface area contributed by atoms with E-state index < -0.39 is 10.5 Å². The summed E-state index contributed by atoms with van der Waals surface area (Å²) in [6.45, 7) is 6.42. The largest absolute Gasteiger partial charge is 0.490 e. The molecule has 0 saturated heterocycles. The summed E-state index contributed by atoms with van der Waals surface area (Å²) >= 11 is 0. The van der Waals surface area contributed by atoms with E-state index in [1.807, 2.05) is 38.1 Å². The minimum Gasteiger partial charge on any atom is -0.490 e. The van der Waals surface area contributed by atoms with Crippen molar-refractivity contribution in [3.8, 4) is 35.0 Å². The lowest BCUT2D eigenvalue weighted by atomic mass is 10.0. The SMILES string of the molecule is C#Cc1ccc2c(c1)[nH]c1c2c(=O)c2cc(OC(C)C)c(-c3cncc(OS(=O)(=O)F)c3)cc2n1CCCC. The van der Waals surface area contributed by atoms with E-state index in [0.717, 1.165) is 29.9 Å². The molecule has 2 aromatic carbocycles. The molecule has 0 aliphatic carbocycles. The first-order valence-corrected chi connectivity index (χ1v) is 13.8. The van der Waals surface area contributed by atoms with Crippen molar-refractivity contribution in [3.63, 3.8) is 0 Å². The van der Waals surface area contributed by atoms with Gasteiger partial charge in [0.2, 0.25) is 0 Å². The Hall–Kier alpha value is -4.36. The molecule has 0 radical (unpaired) electrons. The van der Waals surface area contributed by atoms with E-state index in [1.54, 1.807) is 6.07 Å². The number of ether oxygens (including phenoxy) is 1. The van der Waals surface area contributed by atoms with Crippen molar-refractivity contribution in [3.05, 3.63) is 64.6 Å². The van der Waals surface area contributed by atoms with E-state index in [0.29, 0.717) is 50.9 Å². The number of unbranched alkanes of at least 4 members (excludes halogenated alkanes) is 1. The first kappa shape index (κ1) is 26.3. The number of fused-ring (bicyclic) bond motifs is 4. The second-order valence-corrected chi connectivity index (χ2v) is 10.5. The Balaban J connectivity index is 1.86. The second-order valence-electron chi connectivity index (χ2n) is 9.51. The Bertz CT molecular complexity index is 1950. The predicted molar refractivity (Wildman–Crippen MR) is 150 cm³/mol. The third-order valence-corrected chi connectivity index (χ3v) is 6.79. The number of nitrogens with one attached hydrogen (secondary N) is 1. The third kappa shape index (κ3) is 5.05. The molecule has 5 rings (SSSR count). The molecule has 5 aromatic rings. The number of aryl methyl sites for hydroxylation is 1. The van der Waals surface area contributed by atoms with Crippen LogP contribution in [0.3, 0.4) is 0 Å². The molecule has 3 heterocycles.